The van der Waals surface area contributed by atoms with Crippen LogP contribution in [0.2, 0.25) is 0 Å². The maximum Gasteiger partial charge on any atom is 0.123 e. The number of fused-ring (bicyclic) bond motifs is 1. The average Bonchev–Trinajstić information content (AvgIpc) is 2.68. The molecule has 0 spiro atoms. The van der Waals surface area contributed by atoms with E-state index in [2.05, 4.69) is 11.2 Å². The van der Waals surface area contributed by atoms with Crippen LogP contribution in [-0.2, 0) is 6.42 Å². The van der Waals surface area contributed by atoms with Crippen molar-refractivity contribution in [2.75, 3.05) is 6.54 Å². The maximum atomic E-state index is 13.0. The van der Waals surface area contributed by atoms with Crippen molar-refractivity contribution >= 4 is 0 Å². The molecule has 17 heavy (non-hydrogen) atoms. The summed E-state index contributed by atoms with van der Waals surface area (Å²) in [6.07, 6.45) is 6.77. The average molecular weight is 233 g/mol. The van der Waals surface area contributed by atoms with Gasteiger partial charge in [0.05, 0.1) is 0 Å². The number of benzene rings is 1. The summed E-state index contributed by atoms with van der Waals surface area (Å²) in [5.41, 5.74) is 0.946. The third-order valence-electron chi connectivity index (χ3n) is 2.88. The lowest BCUT2D eigenvalue weighted by Crippen LogP contribution is -2.35. The molecular formula is C14H16FNO. The molecule has 0 aromatic heterocycles. The van der Waals surface area contributed by atoms with E-state index in [-0.39, 0.29) is 18.0 Å². The molecule has 0 fully saturated rings. The Morgan fingerprint density at radius 1 is 1.65 bits per heavy atom. The Hall–Kier alpha value is -1.53. The molecule has 0 radical (unpaired) electrons. The van der Waals surface area contributed by atoms with Gasteiger partial charge in [-0.25, -0.2) is 4.39 Å². The van der Waals surface area contributed by atoms with Crippen LogP contribution in [0.3, 0.4) is 0 Å². The lowest BCUT2D eigenvalue weighted by Gasteiger charge is -2.15. The predicted octanol–water partition coefficient (Wildman–Crippen LogP) is 2.13. The lowest BCUT2D eigenvalue weighted by atomic mass is 10.1. The molecule has 2 atom stereocenters. The third-order valence-corrected chi connectivity index (χ3v) is 2.88. The number of terminal acetylenes is 1. The molecule has 3 heteroatoms. The van der Waals surface area contributed by atoms with Gasteiger partial charge in [-0.05, 0) is 25.1 Å². The summed E-state index contributed by atoms with van der Waals surface area (Å²) >= 11 is 0. The highest BCUT2D eigenvalue weighted by Crippen LogP contribution is 2.28. The summed E-state index contributed by atoms with van der Waals surface area (Å²) in [5, 5.41) is 3.31. The Kier molecular flexibility index (Phi) is 3.65. The van der Waals surface area contributed by atoms with Gasteiger partial charge in [0.25, 0.3) is 0 Å². The van der Waals surface area contributed by atoms with Crippen molar-refractivity contribution in [3.8, 4) is 18.1 Å². The largest absolute Gasteiger partial charge is 0.488 e. The van der Waals surface area contributed by atoms with Crippen molar-refractivity contribution < 1.29 is 9.13 Å². The Morgan fingerprint density at radius 3 is 3.24 bits per heavy atom. The van der Waals surface area contributed by atoms with Gasteiger partial charge in [0.15, 0.2) is 0 Å². The van der Waals surface area contributed by atoms with E-state index < -0.39 is 0 Å². The summed E-state index contributed by atoms with van der Waals surface area (Å²) in [6.45, 7) is 2.78. The first-order valence-corrected chi connectivity index (χ1v) is 5.81. The molecule has 1 aromatic carbocycles. The first-order chi connectivity index (χ1) is 8.19. The van der Waals surface area contributed by atoms with Crippen molar-refractivity contribution in [1.82, 2.24) is 5.32 Å². The first-order valence-electron chi connectivity index (χ1n) is 5.81. The first kappa shape index (κ1) is 11.9. The van der Waals surface area contributed by atoms with Crippen LogP contribution in [0.4, 0.5) is 4.39 Å². The molecule has 1 aliphatic heterocycles. The SMILES string of the molecule is C#CCC(C)NCC1Cc2cc(F)ccc2O1. The minimum atomic E-state index is -0.207. The minimum absolute atomic E-state index is 0.0759. The Morgan fingerprint density at radius 2 is 2.47 bits per heavy atom. The summed E-state index contributed by atoms with van der Waals surface area (Å²) in [5.74, 6) is 3.20. The van der Waals surface area contributed by atoms with Crippen LogP contribution in [-0.4, -0.2) is 18.7 Å². The van der Waals surface area contributed by atoms with Crippen LogP contribution >= 0.6 is 0 Å². The van der Waals surface area contributed by atoms with Crippen LogP contribution in [0.15, 0.2) is 18.2 Å². The van der Waals surface area contributed by atoms with Crippen LogP contribution in [0.25, 0.3) is 0 Å². The van der Waals surface area contributed by atoms with Crippen molar-refractivity contribution in [1.29, 1.82) is 0 Å². The van der Waals surface area contributed by atoms with Crippen LogP contribution in [0.5, 0.6) is 5.75 Å². The van der Waals surface area contributed by atoms with E-state index in [0.717, 1.165) is 24.3 Å². The molecule has 0 bridgehead atoms. The fourth-order valence-electron chi connectivity index (χ4n) is 1.98. The van der Waals surface area contributed by atoms with Gasteiger partial charge < -0.3 is 10.1 Å². The quantitative estimate of drug-likeness (QED) is 0.804. The molecule has 90 valence electrons. The Balaban J connectivity index is 1.86. The molecule has 1 N–H and O–H groups in total. The molecule has 1 aromatic rings. The number of halogens is 1. The van der Waals surface area contributed by atoms with Crippen molar-refractivity contribution in [3.63, 3.8) is 0 Å². The van der Waals surface area contributed by atoms with Crippen molar-refractivity contribution in [2.45, 2.75) is 31.9 Å². The maximum absolute atomic E-state index is 13.0. The summed E-state index contributed by atoms with van der Waals surface area (Å²) in [4.78, 5) is 0. The topological polar surface area (TPSA) is 21.3 Å². The normalized spacial score (nSPS) is 19.2. The van der Waals surface area contributed by atoms with Crippen LogP contribution in [0, 0.1) is 18.2 Å². The van der Waals surface area contributed by atoms with Crippen LogP contribution in [0.1, 0.15) is 18.9 Å². The van der Waals surface area contributed by atoms with Gasteiger partial charge in [0, 0.05) is 31.0 Å². The molecular weight excluding hydrogens is 217 g/mol. The van der Waals surface area contributed by atoms with Gasteiger partial charge in [-0.15, -0.1) is 12.3 Å². The Labute approximate surface area is 101 Å². The number of hydrogen-bond acceptors (Lipinski definition) is 2. The molecule has 0 saturated heterocycles. The lowest BCUT2D eigenvalue weighted by molar-refractivity contribution is 0.222. The smallest absolute Gasteiger partial charge is 0.123 e. The van der Waals surface area contributed by atoms with E-state index in [9.17, 15) is 4.39 Å². The number of hydrogen-bond donors (Lipinski definition) is 1. The number of rotatable bonds is 4. The molecule has 1 aliphatic rings. The van der Waals surface area contributed by atoms with E-state index in [0.29, 0.717) is 6.42 Å². The van der Waals surface area contributed by atoms with Crippen molar-refractivity contribution in [3.05, 3.63) is 29.6 Å². The minimum Gasteiger partial charge on any atom is -0.488 e. The molecule has 0 amide bonds. The van der Waals surface area contributed by atoms with E-state index in [1.165, 1.54) is 6.07 Å². The zero-order valence-corrected chi connectivity index (χ0v) is 9.87. The predicted molar refractivity (Wildman–Crippen MR) is 65.4 cm³/mol. The highest BCUT2D eigenvalue weighted by atomic mass is 19.1. The summed E-state index contributed by atoms with van der Waals surface area (Å²) in [7, 11) is 0. The molecule has 2 rings (SSSR count). The second-order valence-electron chi connectivity index (χ2n) is 4.41. The van der Waals surface area contributed by atoms with E-state index >= 15 is 0 Å². The second kappa shape index (κ2) is 5.20. The zero-order chi connectivity index (χ0) is 12.3. The Bertz CT molecular complexity index is 438. The van der Waals surface area contributed by atoms with Gasteiger partial charge in [0.1, 0.15) is 17.7 Å². The van der Waals surface area contributed by atoms with Gasteiger partial charge >= 0.3 is 0 Å². The summed E-state index contributed by atoms with van der Waals surface area (Å²) in [6, 6.07) is 4.94. The fourth-order valence-corrected chi connectivity index (χ4v) is 1.98. The monoisotopic (exact) mass is 233 g/mol. The molecule has 2 unspecified atom stereocenters. The molecule has 0 saturated carbocycles. The zero-order valence-electron chi connectivity index (χ0n) is 9.87. The second-order valence-corrected chi connectivity index (χ2v) is 4.41. The highest BCUT2D eigenvalue weighted by molar-refractivity contribution is 5.37. The van der Waals surface area contributed by atoms with Crippen LogP contribution < -0.4 is 10.1 Å². The molecule has 2 nitrogen and oxygen atoms in total. The number of ether oxygens (including phenoxy) is 1. The van der Waals surface area contributed by atoms with E-state index in [1.807, 2.05) is 6.92 Å². The fraction of sp³-hybridized carbons (Fsp3) is 0.429. The van der Waals surface area contributed by atoms with E-state index in [4.69, 9.17) is 11.2 Å². The van der Waals surface area contributed by atoms with Gasteiger partial charge in [-0.3, -0.25) is 0 Å². The summed E-state index contributed by atoms with van der Waals surface area (Å²) < 4.78 is 18.7. The van der Waals surface area contributed by atoms with Gasteiger partial charge in [-0.2, -0.15) is 0 Å². The number of nitrogens with one attached hydrogen (secondary N) is 1. The van der Waals surface area contributed by atoms with Gasteiger partial charge in [0.2, 0.25) is 0 Å². The third kappa shape index (κ3) is 2.98. The highest BCUT2D eigenvalue weighted by Gasteiger charge is 2.23. The van der Waals surface area contributed by atoms with Gasteiger partial charge in [-0.1, -0.05) is 0 Å². The molecule has 0 aliphatic carbocycles. The van der Waals surface area contributed by atoms with E-state index in [1.54, 1.807) is 12.1 Å². The molecule has 1 heterocycles. The standard InChI is InChI=1S/C14H16FNO/c1-3-4-10(2)16-9-13-8-11-7-12(15)5-6-14(11)17-13/h1,5-7,10,13,16H,4,8-9H2,2H3. The van der Waals surface area contributed by atoms with Crippen molar-refractivity contribution in [2.24, 2.45) is 0 Å².